The highest BCUT2D eigenvalue weighted by Gasteiger charge is 2.26. The van der Waals surface area contributed by atoms with E-state index >= 15 is 0 Å². The van der Waals surface area contributed by atoms with Crippen LogP contribution in [0.15, 0.2) is 24.3 Å². The van der Waals surface area contributed by atoms with Crippen molar-refractivity contribution in [2.45, 2.75) is 38.6 Å². The largest absolute Gasteiger partial charge is 0.349 e. The smallest absolute Gasteiger partial charge is 0.226 e. The fraction of sp³-hybridized carbons (Fsp3) is 0.467. The molecule has 21 heavy (non-hydrogen) atoms. The van der Waals surface area contributed by atoms with Gasteiger partial charge in [0.15, 0.2) is 0 Å². The van der Waals surface area contributed by atoms with Crippen LogP contribution in [0.2, 0.25) is 0 Å². The molecular weight excluding hydrogens is 288 g/mol. The van der Waals surface area contributed by atoms with E-state index in [4.69, 9.17) is 5.73 Å². The van der Waals surface area contributed by atoms with E-state index in [1.807, 2.05) is 38.1 Å². The lowest BCUT2D eigenvalue weighted by Crippen LogP contribution is -2.53. The molecule has 116 valence electrons. The standard InChI is InChI=1S/C15H22N4O.ClH/c1-3-15(4-2,10-16)17-14(20)9-13-11-7-5-6-8-12(11)18-19-13;/h5-8H,3-4,9-10,16H2,1-2H3,(H,17,20)(H,18,19);1H. The average Bonchev–Trinajstić information content (AvgIpc) is 2.88. The summed E-state index contributed by atoms with van der Waals surface area (Å²) >= 11 is 0. The summed E-state index contributed by atoms with van der Waals surface area (Å²) in [6.45, 7) is 4.54. The van der Waals surface area contributed by atoms with Crippen molar-refractivity contribution in [3.8, 4) is 0 Å². The number of hydrogen-bond donors (Lipinski definition) is 3. The van der Waals surface area contributed by atoms with Gasteiger partial charge < -0.3 is 11.1 Å². The Morgan fingerprint density at radius 1 is 1.33 bits per heavy atom. The third-order valence-corrected chi connectivity index (χ3v) is 4.03. The van der Waals surface area contributed by atoms with Crippen LogP contribution in [-0.4, -0.2) is 28.2 Å². The molecule has 1 aromatic carbocycles. The van der Waals surface area contributed by atoms with Gasteiger partial charge in [0.1, 0.15) is 0 Å². The van der Waals surface area contributed by atoms with E-state index in [-0.39, 0.29) is 23.9 Å². The first-order valence-electron chi connectivity index (χ1n) is 7.07. The Labute approximate surface area is 131 Å². The molecule has 1 amide bonds. The lowest BCUT2D eigenvalue weighted by Gasteiger charge is -2.31. The third kappa shape index (κ3) is 3.74. The van der Waals surface area contributed by atoms with Crippen LogP contribution in [0.3, 0.4) is 0 Å². The molecule has 0 bridgehead atoms. The normalized spacial score (nSPS) is 11.2. The molecular formula is C15H23ClN4O. The Bertz CT molecular complexity index is 584. The molecule has 4 N–H and O–H groups in total. The molecule has 2 aromatic rings. The quantitative estimate of drug-likeness (QED) is 0.764. The monoisotopic (exact) mass is 310 g/mol. The molecule has 2 rings (SSSR count). The number of halogens is 1. The number of nitrogens with two attached hydrogens (primary N) is 1. The molecule has 0 radical (unpaired) electrons. The lowest BCUT2D eigenvalue weighted by molar-refractivity contribution is -0.122. The summed E-state index contributed by atoms with van der Waals surface area (Å²) in [5, 5.41) is 11.2. The van der Waals surface area contributed by atoms with Gasteiger partial charge in [-0.05, 0) is 18.9 Å². The molecule has 1 aromatic heterocycles. The van der Waals surface area contributed by atoms with E-state index in [0.717, 1.165) is 29.4 Å². The summed E-state index contributed by atoms with van der Waals surface area (Å²) in [6.07, 6.45) is 1.95. The van der Waals surface area contributed by atoms with Crippen LogP contribution in [0.4, 0.5) is 0 Å². The lowest BCUT2D eigenvalue weighted by atomic mass is 9.92. The minimum absolute atomic E-state index is 0. The molecule has 0 atom stereocenters. The van der Waals surface area contributed by atoms with Gasteiger partial charge in [-0.1, -0.05) is 32.0 Å². The van der Waals surface area contributed by atoms with Crippen molar-refractivity contribution in [1.29, 1.82) is 0 Å². The van der Waals surface area contributed by atoms with Gasteiger partial charge in [0.25, 0.3) is 0 Å². The molecule has 0 aliphatic rings. The second-order valence-corrected chi connectivity index (χ2v) is 5.14. The Morgan fingerprint density at radius 3 is 2.62 bits per heavy atom. The van der Waals surface area contributed by atoms with Crippen molar-refractivity contribution in [2.75, 3.05) is 6.54 Å². The van der Waals surface area contributed by atoms with Crippen LogP contribution < -0.4 is 11.1 Å². The maximum atomic E-state index is 12.2. The van der Waals surface area contributed by atoms with Crippen molar-refractivity contribution >= 4 is 29.2 Å². The fourth-order valence-electron chi connectivity index (χ4n) is 2.42. The number of H-pyrrole nitrogens is 1. The van der Waals surface area contributed by atoms with E-state index < -0.39 is 0 Å². The van der Waals surface area contributed by atoms with Crippen LogP contribution in [0.5, 0.6) is 0 Å². The summed E-state index contributed by atoms with van der Waals surface area (Å²) in [4.78, 5) is 12.2. The molecule has 6 heteroatoms. The molecule has 0 fully saturated rings. The predicted octanol–water partition coefficient (Wildman–Crippen LogP) is 2.16. The highest BCUT2D eigenvalue weighted by atomic mass is 35.5. The van der Waals surface area contributed by atoms with Crippen molar-refractivity contribution < 1.29 is 4.79 Å². The number of aromatic amines is 1. The number of carbonyl (C=O) groups is 1. The van der Waals surface area contributed by atoms with E-state index in [1.165, 1.54) is 0 Å². The number of aromatic nitrogens is 2. The van der Waals surface area contributed by atoms with E-state index in [9.17, 15) is 4.79 Å². The minimum atomic E-state index is -0.299. The van der Waals surface area contributed by atoms with Gasteiger partial charge in [-0.15, -0.1) is 12.4 Å². The van der Waals surface area contributed by atoms with Gasteiger partial charge in [0.2, 0.25) is 5.91 Å². The number of nitrogens with zero attached hydrogens (tertiary/aromatic N) is 1. The number of para-hydroxylation sites is 1. The average molecular weight is 311 g/mol. The molecule has 0 aliphatic heterocycles. The second kappa shape index (κ2) is 7.43. The highest BCUT2D eigenvalue weighted by Crippen LogP contribution is 2.17. The Hall–Kier alpha value is -1.59. The highest BCUT2D eigenvalue weighted by molar-refractivity contribution is 5.87. The van der Waals surface area contributed by atoms with Gasteiger partial charge in [-0.25, -0.2) is 0 Å². The molecule has 0 spiro atoms. The number of amides is 1. The van der Waals surface area contributed by atoms with E-state index in [2.05, 4.69) is 15.5 Å². The maximum Gasteiger partial charge on any atom is 0.226 e. The zero-order valence-corrected chi connectivity index (χ0v) is 13.3. The van der Waals surface area contributed by atoms with Crippen molar-refractivity contribution in [2.24, 2.45) is 5.73 Å². The van der Waals surface area contributed by atoms with Gasteiger partial charge >= 0.3 is 0 Å². The van der Waals surface area contributed by atoms with Crippen molar-refractivity contribution in [1.82, 2.24) is 15.5 Å². The number of rotatable bonds is 6. The molecule has 0 aliphatic carbocycles. The van der Waals surface area contributed by atoms with Gasteiger partial charge in [-0.3, -0.25) is 9.89 Å². The number of carbonyl (C=O) groups excluding carboxylic acids is 1. The van der Waals surface area contributed by atoms with Crippen molar-refractivity contribution in [3.63, 3.8) is 0 Å². The predicted molar refractivity (Wildman–Crippen MR) is 87.6 cm³/mol. The first-order chi connectivity index (χ1) is 9.64. The number of fused-ring (bicyclic) bond motifs is 1. The Balaban J connectivity index is 0.00000220. The molecule has 0 saturated heterocycles. The van der Waals surface area contributed by atoms with E-state index in [1.54, 1.807) is 0 Å². The van der Waals surface area contributed by atoms with Gasteiger partial charge in [0.05, 0.1) is 23.2 Å². The second-order valence-electron chi connectivity index (χ2n) is 5.14. The summed E-state index contributed by atoms with van der Waals surface area (Å²) in [5.41, 5.74) is 7.23. The zero-order valence-electron chi connectivity index (χ0n) is 12.5. The number of benzene rings is 1. The number of hydrogen-bond acceptors (Lipinski definition) is 3. The zero-order chi connectivity index (χ0) is 14.6. The molecule has 0 unspecified atom stereocenters. The Kier molecular flexibility index (Phi) is 6.18. The number of nitrogens with one attached hydrogen (secondary N) is 2. The fourth-order valence-corrected chi connectivity index (χ4v) is 2.42. The first-order valence-corrected chi connectivity index (χ1v) is 7.07. The van der Waals surface area contributed by atoms with Crippen LogP contribution in [0.25, 0.3) is 10.9 Å². The minimum Gasteiger partial charge on any atom is -0.349 e. The van der Waals surface area contributed by atoms with Crippen molar-refractivity contribution in [3.05, 3.63) is 30.0 Å². The van der Waals surface area contributed by atoms with Crippen LogP contribution in [-0.2, 0) is 11.2 Å². The topological polar surface area (TPSA) is 83.8 Å². The third-order valence-electron chi connectivity index (χ3n) is 4.03. The van der Waals surface area contributed by atoms with Gasteiger partial charge in [-0.2, -0.15) is 5.10 Å². The maximum absolute atomic E-state index is 12.2. The van der Waals surface area contributed by atoms with Crippen LogP contribution in [0, 0.1) is 0 Å². The SMILES string of the molecule is CCC(CC)(CN)NC(=O)Cc1[nH]nc2ccccc12.Cl. The molecule has 0 saturated carbocycles. The van der Waals surface area contributed by atoms with Crippen LogP contribution in [0.1, 0.15) is 32.4 Å². The summed E-state index contributed by atoms with van der Waals surface area (Å²) in [6, 6.07) is 7.77. The van der Waals surface area contributed by atoms with Gasteiger partial charge in [0, 0.05) is 11.9 Å². The molecule has 1 heterocycles. The molecule has 5 nitrogen and oxygen atoms in total. The Morgan fingerprint density at radius 2 is 2.00 bits per heavy atom. The van der Waals surface area contributed by atoms with Crippen LogP contribution >= 0.6 is 12.4 Å². The first kappa shape index (κ1) is 17.5. The summed E-state index contributed by atoms with van der Waals surface area (Å²) < 4.78 is 0. The summed E-state index contributed by atoms with van der Waals surface area (Å²) in [7, 11) is 0. The summed E-state index contributed by atoms with van der Waals surface area (Å²) in [5.74, 6) is -0.0199. The van der Waals surface area contributed by atoms with E-state index in [0.29, 0.717) is 13.0 Å².